The number of hydrogen-bond acceptors (Lipinski definition) is 1. The summed E-state index contributed by atoms with van der Waals surface area (Å²) in [6, 6.07) is 0.712. The van der Waals surface area contributed by atoms with Gasteiger partial charge in [-0.05, 0) is 49.5 Å². The first-order valence-corrected chi connectivity index (χ1v) is 6.69. The maximum absolute atomic E-state index is 3.76. The lowest BCUT2D eigenvalue weighted by molar-refractivity contribution is 0.0852. The molecule has 1 heteroatoms. The zero-order chi connectivity index (χ0) is 12.2. The molecule has 0 radical (unpaired) electrons. The van der Waals surface area contributed by atoms with Gasteiger partial charge in [0.25, 0.3) is 0 Å². The molecular formula is C15H29N. The molecule has 0 spiro atoms. The third kappa shape index (κ3) is 4.69. The molecule has 0 aromatic carbocycles. The molecule has 0 unspecified atom stereocenters. The lowest BCUT2D eigenvalue weighted by Crippen LogP contribution is -2.44. The quantitative estimate of drug-likeness (QED) is 0.545. The van der Waals surface area contributed by atoms with E-state index in [4.69, 9.17) is 0 Å². The van der Waals surface area contributed by atoms with Crippen molar-refractivity contribution >= 4 is 0 Å². The average molecular weight is 223 g/mol. The van der Waals surface area contributed by atoms with Gasteiger partial charge in [-0.25, -0.2) is 0 Å². The molecule has 1 nitrogen and oxygen atoms in total. The van der Waals surface area contributed by atoms with Gasteiger partial charge in [0.15, 0.2) is 0 Å². The minimum absolute atomic E-state index is 0.498. The second-order valence-electron chi connectivity index (χ2n) is 7.00. The van der Waals surface area contributed by atoms with Crippen LogP contribution in [0.4, 0.5) is 0 Å². The van der Waals surface area contributed by atoms with E-state index in [-0.39, 0.29) is 0 Å². The summed E-state index contributed by atoms with van der Waals surface area (Å²) in [5.41, 5.74) is 0.996. The molecule has 0 atom stereocenters. The smallest absolute Gasteiger partial charge is 0.00772 e. The van der Waals surface area contributed by atoms with Crippen LogP contribution in [0.25, 0.3) is 0 Å². The highest BCUT2D eigenvalue weighted by atomic mass is 14.9. The van der Waals surface area contributed by atoms with Crippen LogP contribution in [0.3, 0.4) is 0 Å². The van der Waals surface area contributed by atoms with E-state index in [0.29, 0.717) is 16.9 Å². The molecule has 1 aliphatic carbocycles. The van der Waals surface area contributed by atoms with Crippen molar-refractivity contribution < 1.29 is 0 Å². The minimum Gasteiger partial charge on any atom is -0.314 e. The van der Waals surface area contributed by atoms with Gasteiger partial charge in [-0.1, -0.05) is 33.8 Å². The molecule has 1 aliphatic rings. The van der Waals surface area contributed by atoms with Crippen LogP contribution in [-0.4, -0.2) is 12.6 Å². The zero-order valence-electron chi connectivity index (χ0n) is 11.6. The molecule has 1 saturated carbocycles. The van der Waals surface area contributed by atoms with Crippen molar-refractivity contribution in [1.29, 1.82) is 0 Å². The molecule has 0 bridgehead atoms. The van der Waals surface area contributed by atoms with Crippen molar-refractivity contribution in [1.82, 2.24) is 5.32 Å². The van der Waals surface area contributed by atoms with E-state index < -0.39 is 0 Å². The summed E-state index contributed by atoms with van der Waals surface area (Å²) in [5, 5.41) is 3.72. The third-order valence-corrected chi connectivity index (χ3v) is 3.57. The van der Waals surface area contributed by atoms with Crippen molar-refractivity contribution in [3.63, 3.8) is 0 Å². The Kier molecular flexibility index (Phi) is 4.61. The summed E-state index contributed by atoms with van der Waals surface area (Å²) in [5.74, 6) is 0. The molecular weight excluding hydrogens is 194 g/mol. The lowest BCUT2D eigenvalue weighted by Gasteiger charge is -2.45. The second-order valence-corrected chi connectivity index (χ2v) is 7.00. The van der Waals surface area contributed by atoms with Crippen LogP contribution in [-0.2, 0) is 0 Å². The normalized spacial score (nSPS) is 24.2. The summed E-state index contributed by atoms with van der Waals surface area (Å²) in [6.07, 6.45) is 8.36. The van der Waals surface area contributed by atoms with Gasteiger partial charge in [0.1, 0.15) is 0 Å². The molecule has 1 N–H and O–H groups in total. The summed E-state index contributed by atoms with van der Waals surface area (Å²) >= 11 is 0. The predicted octanol–water partition coefficient (Wildman–Crippen LogP) is 4.15. The fourth-order valence-corrected chi connectivity index (χ4v) is 3.54. The first kappa shape index (κ1) is 13.8. The lowest BCUT2D eigenvalue weighted by atomic mass is 9.63. The van der Waals surface area contributed by atoms with Crippen LogP contribution >= 0.6 is 0 Å². The van der Waals surface area contributed by atoms with Crippen molar-refractivity contribution in [3.05, 3.63) is 12.7 Å². The zero-order valence-corrected chi connectivity index (χ0v) is 11.6. The van der Waals surface area contributed by atoms with E-state index in [1.807, 2.05) is 6.08 Å². The van der Waals surface area contributed by atoms with E-state index in [9.17, 15) is 0 Å². The molecule has 0 aromatic rings. The van der Waals surface area contributed by atoms with Gasteiger partial charge in [-0.3, -0.25) is 0 Å². The van der Waals surface area contributed by atoms with Crippen molar-refractivity contribution in [2.45, 2.75) is 65.8 Å². The second kappa shape index (κ2) is 5.35. The molecule has 0 amide bonds. The fourth-order valence-electron chi connectivity index (χ4n) is 3.54. The van der Waals surface area contributed by atoms with Crippen molar-refractivity contribution in [3.8, 4) is 0 Å². The first-order chi connectivity index (χ1) is 7.35. The van der Waals surface area contributed by atoms with Crippen LogP contribution in [0.15, 0.2) is 12.7 Å². The molecule has 0 heterocycles. The number of rotatable bonds is 5. The highest BCUT2D eigenvalue weighted by molar-refractivity contribution is 4.92. The van der Waals surface area contributed by atoms with Gasteiger partial charge < -0.3 is 5.32 Å². The number of unbranched alkanes of at least 4 members (excludes halogenated alkanes) is 1. The topological polar surface area (TPSA) is 12.0 Å². The van der Waals surface area contributed by atoms with Crippen LogP contribution in [0.2, 0.25) is 0 Å². The highest BCUT2D eigenvalue weighted by Gasteiger charge is 2.37. The maximum atomic E-state index is 3.76. The summed E-state index contributed by atoms with van der Waals surface area (Å²) < 4.78 is 0. The largest absolute Gasteiger partial charge is 0.314 e. The molecule has 0 aromatic heterocycles. The number of allylic oxidation sites excluding steroid dienone is 1. The third-order valence-electron chi connectivity index (χ3n) is 3.57. The summed E-state index contributed by atoms with van der Waals surface area (Å²) in [7, 11) is 0. The molecule has 1 fully saturated rings. The van der Waals surface area contributed by atoms with Gasteiger partial charge in [0.05, 0.1) is 0 Å². The van der Waals surface area contributed by atoms with Crippen LogP contribution < -0.4 is 5.32 Å². The minimum atomic E-state index is 0.498. The van der Waals surface area contributed by atoms with Crippen LogP contribution in [0.5, 0.6) is 0 Å². The number of hydrogen-bond donors (Lipinski definition) is 1. The summed E-state index contributed by atoms with van der Waals surface area (Å²) in [6.45, 7) is 14.5. The van der Waals surface area contributed by atoms with E-state index >= 15 is 0 Å². The van der Waals surface area contributed by atoms with Crippen LogP contribution in [0, 0.1) is 10.8 Å². The maximum Gasteiger partial charge on any atom is 0.00772 e. The Balaban J connectivity index is 2.39. The molecule has 16 heavy (non-hydrogen) atoms. The van der Waals surface area contributed by atoms with Gasteiger partial charge in [-0.2, -0.15) is 0 Å². The SMILES string of the molecule is C=CCCCNC1CC(C)(C)CC(C)(C)C1. The van der Waals surface area contributed by atoms with Crippen LogP contribution in [0.1, 0.15) is 59.8 Å². The molecule has 94 valence electrons. The number of nitrogens with one attached hydrogen (secondary N) is 1. The Morgan fingerprint density at radius 2 is 1.75 bits per heavy atom. The summed E-state index contributed by atoms with van der Waals surface area (Å²) in [4.78, 5) is 0. The average Bonchev–Trinajstić information content (AvgIpc) is 2.07. The first-order valence-electron chi connectivity index (χ1n) is 6.69. The molecule has 0 saturated heterocycles. The Bertz CT molecular complexity index is 212. The highest BCUT2D eigenvalue weighted by Crippen LogP contribution is 2.45. The van der Waals surface area contributed by atoms with E-state index in [1.54, 1.807) is 0 Å². The Morgan fingerprint density at radius 3 is 2.25 bits per heavy atom. The van der Waals surface area contributed by atoms with E-state index in [2.05, 4.69) is 39.6 Å². The molecule has 0 aliphatic heterocycles. The molecule has 1 rings (SSSR count). The predicted molar refractivity (Wildman–Crippen MR) is 72.6 cm³/mol. The van der Waals surface area contributed by atoms with Gasteiger partial charge in [0.2, 0.25) is 0 Å². The van der Waals surface area contributed by atoms with Gasteiger partial charge in [0, 0.05) is 6.04 Å². The van der Waals surface area contributed by atoms with Gasteiger partial charge in [-0.15, -0.1) is 6.58 Å². The monoisotopic (exact) mass is 223 g/mol. The Labute approximate surface area is 102 Å². The van der Waals surface area contributed by atoms with Crippen molar-refractivity contribution in [2.75, 3.05) is 6.54 Å². The van der Waals surface area contributed by atoms with E-state index in [1.165, 1.54) is 25.7 Å². The van der Waals surface area contributed by atoms with E-state index in [0.717, 1.165) is 13.0 Å². The van der Waals surface area contributed by atoms with Crippen molar-refractivity contribution in [2.24, 2.45) is 10.8 Å². The fraction of sp³-hybridized carbons (Fsp3) is 0.867. The Hall–Kier alpha value is -0.300. The standard InChI is InChI=1S/C15H29N/c1-6-7-8-9-16-13-10-14(2,3)12-15(4,5)11-13/h6,13,16H,1,7-12H2,2-5H3. The van der Waals surface area contributed by atoms with Gasteiger partial charge >= 0.3 is 0 Å². The Morgan fingerprint density at radius 1 is 1.19 bits per heavy atom.